The molecule has 2 aromatic heterocycles. The van der Waals surface area contributed by atoms with Crippen LogP contribution in [0.1, 0.15) is 5.56 Å². The van der Waals surface area contributed by atoms with E-state index in [0.29, 0.717) is 33.4 Å². The highest BCUT2D eigenvalue weighted by atomic mass is 35.5. The summed E-state index contributed by atoms with van der Waals surface area (Å²) in [5.41, 5.74) is 2.56. The molecule has 2 heterocycles. The lowest BCUT2D eigenvalue weighted by Gasteiger charge is -2.11. The minimum Gasteiger partial charge on any atom is -0.340 e. The van der Waals surface area contributed by atoms with Crippen LogP contribution in [0, 0.1) is 11.3 Å². The number of rotatable bonds is 3. The molecule has 0 aliphatic carbocycles. The lowest BCUT2D eigenvalue weighted by Crippen LogP contribution is -2.00. The summed E-state index contributed by atoms with van der Waals surface area (Å²) in [5, 5.41) is 13.7. The van der Waals surface area contributed by atoms with Gasteiger partial charge in [-0.3, -0.25) is 4.98 Å². The lowest BCUT2D eigenvalue weighted by atomic mass is 10.2. The number of halogens is 1. The van der Waals surface area contributed by atoms with Gasteiger partial charge in [-0.15, -0.1) is 0 Å². The minimum absolute atomic E-state index is 0.437. The monoisotopic (exact) mass is 358 g/mol. The van der Waals surface area contributed by atoms with Crippen molar-refractivity contribution in [1.82, 2.24) is 19.9 Å². The van der Waals surface area contributed by atoms with Crippen LogP contribution in [0.3, 0.4) is 0 Å². The van der Waals surface area contributed by atoms with Crippen molar-refractivity contribution in [3.63, 3.8) is 0 Å². The van der Waals surface area contributed by atoms with Crippen molar-refractivity contribution in [1.29, 1.82) is 5.26 Å². The maximum atomic E-state index is 9.09. The molecule has 0 atom stereocenters. The van der Waals surface area contributed by atoms with E-state index in [1.165, 1.54) is 0 Å². The molecule has 124 valence electrons. The Hall–Kier alpha value is -3.56. The van der Waals surface area contributed by atoms with Gasteiger partial charge in [-0.25, -0.2) is 15.0 Å². The molecule has 0 radical (unpaired) electrons. The highest BCUT2D eigenvalue weighted by Crippen LogP contribution is 2.28. The molecule has 1 N–H and O–H groups in total. The van der Waals surface area contributed by atoms with Crippen LogP contribution in [0.25, 0.3) is 22.4 Å². The second-order valence-electron chi connectivity index (χ2n) is 5.47. The Morgan fingerprint density at radius 3 is 2.77 bits per heavy atom. The van der Waals surface area contributed by atoms with Crippen LogP contribution in [-0.4, -0.2) is 19.9 Å². The van der Waals surface area contributed by atoms with E-state index in [1.807, 2.05) is 18.2 Å². The molecule has 0 unspecified atom stereocenters. The van der Waals surface area contributed by atoms with Crippen molar-refractivity contribution in [2.24, 2.45) is 0 Å². The molecule has 0 spiro atoms. The van der Waals surface area contributed by atoms with Crippen LogP contribution in [0.4, 0.5) is 11.5 Å². The summed E-state index contributed by atoms with van der Waals surface area (Å²) in [6, 6.07) is 14.7. The molecule has 7 heteroatoms. The maximum Gasteiger partial charge on any atom is 0.182 e. The van der Waals surface area contributed by atoms with E-state index in [2.05, 4.69) is 31.3 Å². The van der Waals surface area contributed by atoms with E-state index in [-0.39, 0.29) is 0 Å². The first-order chi connectivity index (χ1) is 12.7. The number of fused-ring (bicyclic) bond motifs is 1. The second kappa shape index (κ2) is 6.75. The molecule has 4 aromatic rings. The van der Waals surface area contributed by atoms with Gasteiger partial charge < -0.3 is 5.32 Å². The number of benzene rings is 2. The van der Waals surface area contributed by atoms with Crippen LogP contribution in [-0.2, 0) is 0 Å². The quantitative estimate of drug-likeness (QED) is 0.585. The summed E-state index contributed by atoms with van der Waals surface area (Å²) < 4.78 is 0. The van der Waals surface area contributed by atoms with Gasteiger partial charge in [0, 0.05) is 28.5 Å². The smallest absolute Gasteiger partial charge is 0.182 e. The zero-order valence-corrected chi connectivity index (χ0v) is 14.1. The molecule has 0 bridgehead atoms. The third-order valence-corrected chi connectivity index (χ3v) is 3.94. The first-order valence-corrected chi connectivity index (χ1v) is 8.11. The maximum absolute atomic E-state index is 9.09. The van der Waals surface area contributed by atoms with E-state index in [1.54, 1.807) is 42.9 Å². The van der Waals surface area contributed by atoms with Crippen molar-refractivity contribution in [2.75, 3.05) is 5.32 Å². The zero-order valence-electron chi connectivity index (χ0n) is 13.4. The molecule has 0 saturated carbocycles. The molecule has 4 rings (SSSR count). The predicted molar refractivity (Wildman–Crippen MR) is 100 cm³/mol. The van der Waals surface area contributed by atoms with Crippen molar-refractivity contribution >= 4 is 34.0 Å². The van der Waals surface area contributed by atoms with E-state index in [9.17, 15) is 0 Å². The molecular formula is C19H11ClN6. The van der Waals surface area contributed by atoms with E-state index >= 15 is 0 Å². The van der Waals surface area contributed by atoms with Crippen molar-refractivity contribution in [3.8, 4) is 17.6 Å². The van der Waals surface area contributed by atoms with Gasteiger partial charge in [-0.2, -0.15) is 5.26 Å². The fourth-order valence-corrected chi connectivity index (χ4v) is 2.70. The van der Waals surface area contributed by atoms with E-state index < -0.39 is 0 Å². The van der Waals surface area contributed by atoms with Gasteiger partial charge in [0.15, 0.2) is 5.82 Å². The van der Waals surface area contributed by atoms with Crippen LogP contribution < -0.4 is 5.32 Å². The Labute approximate surface area is 154 Å². The van der Waals surface area contributed by atoms with Gasteiger partial charge in [0.1, 0.15) is 11.5 Å². The molecule has 0 saturated heterocycles. The van der Waals surface area contributed by atoms with Gasteiger partial charge in [-0.05, 0) is 36.4 Å². The number of anilines is 2. The number of hydrogen-bond acceptors (Lipinski definition) is 6. The third kappa shape index (κ3) is 3.16. The molecule has 0 fully saturated rings. The Balaban J connectivity index is 1.88. The Bertz CT molecular complexity index is 1140. The first-order valence-electron chi connectivity index (χ1n) is 7.74. The second-order valence-corrected chi connectivity index (χ2v) is 5.90. The Morgan fingerprint density at radius 2 is 1.96 bits per heavy atom. The van der Waals surface area contributed by atoms with E-state index in [4.69, 9.17) is 16.9 Å². The summed E-state index contributed by atoms with van der Waals surface area (Å²) in [5.74, 6) is 1.04. The standard InChI is InChI=1S/C19H11ClN6/c20-13-4-5-15-16(9-13)25-19(17-11-22-6-7-23-17)26-18(15)24-14-3-1-2-12(8-14)10-21/h1-9,11H,(H,24,25,26). The van der Waals surface area contributed by atoms with Gasteiger partial charge in [0.25, 0.3) is 0 Å². The number of nitrogens with zero attached hydrogens (tertiary/aromatic N) is 5. The first kappa shape index (κ1) is 15.9. The van der Waals surface area contributed by atoms with Gasteiger partial charge in [-0.1, -0.05) is 17.7 Å². The molecule has 0 aliphatic heterocycles. The third-order valence-electron chi connectivity index (χ3n) is 3.71. The number of aromatic nitrogens is 4. The fraction of sp³-hybridized carbons (Fsp3) is 0. The molecule has 2 aromatic carbocycles. The molecular weight excluding hydrogens is 348 g/mol. The largest absolute Gasteiger partial charge is 0.340 e. The molecule has 0 amide bonds. The zero-order chi connectivity index (χ0) is 17.9. The number of hydrogen-bond donors (Lipinski definition) is 1. The summed E-state index contributed by atoms with van der Waals surface area (Å²) in [6.45, 7) is 0. The van der Waals surface area contributed by atoms with Gasteiger partial charge >= 0.3 is 0 Å². The normalized spacial score (nSPS) is 10.5. The van der Waals surface area contributed by atoms with Crippen molar-refractivity contribution < 1.29 is 0 Å². The predicted octanol–water partition coefficient (Wildman–Crippen LogP) is 4.36. The van der Waals surface area contributed by atoms with Crippen molar-refractivity contribution in [2.45, 2.75) is 0 Å². The summed E-state index contributed by atoms with van der Waals surface area (Å²) >= 11 is 6.12. The van der Waals surface area contributed by atoms with Gasteiger partial charge in [0.05, 0.1) is 23.3 Å². The minimum atomic E-state index is 0.437. The molecule has 0 aliphatic rings. The topological polar surface area (TPSA) is 87.4 Å². The van der Waals surface area contributed by atoms with Crippen LogP contribution in [0.2, 0.25) is 5.02 Å². The van der Waals surface area contributed by atoms with Crippen LogP contribution in [0.15, 0.2) is 61.1 Å². The Morgan fingerprint density at radius 1 is 1.04 bits per heavy atom. The fourth-order valence-electron chi connectivity index (χ4n) is 2.53. The van der Waals surface area contributed by atoms with Crippen LogP contribution in [0.5, 0.6) is 0 Å². The average Bonchev–Trinajstić information content (AvgIpc) is 2.68. The van der Waals surface area contributed by atoms with Crippen molar-refractivity contribution in [3.05, 3.63) is 71.6 Å². The number of nitrogens with one attached hydrogen (secondary N) is 1. The lowest BCUT2D eigenvalue weighted by molar-refractivity contribution is 1.13. The Kier molecular flexibility index (Phi) is 4.14. The SMILES string of the molecule is N#Cc1cccc(Nc2nc(-c3cnccn3)nc3cc(Cl)ccc23)c1. The van der Waals surface area contributed by atoms with Gasteiger partial charge in [0.2, 0.25) is 0 Å². The molecule has 26 heavy (non-hydrogen) atoms. The van der Waals surface area contributed by atoms with Crippen LogP contribution >= 0.6 is 11.6 Å². The summed E-state index contributed by atoms with van der Waals surface area (Å²) in [4.78, 5) is 17.5. The highest BCUT2D eigenvalue weighted by Gasteiger charge is 2.11. The average molecular weight is 359 g/mol. The summed E-state index contributed by atoms with van der Waals surface area (Å²) in [6.07, 6.45) is 4.78. The molecule has 6 nitrogen and oxygen atoms in total. The number of nitriles is 1. The summed E-state index contributed by atoms with van der Waals surface area (Å²) in [7, 11) is 0. The highest BCUT2D eigenvalue weighted by molar-refractivity contribution is 6.31. The van der Waals surface area contributed by atoms with E-state index in [0.717, 1.165) is 11.1 Å².